The van der Waals surface area contributed by atoms with E-state index in [2.05, 4.69) is 4.98 Å². The summed E-state index contributed by atoms with van der Waals surface area (Å²) in [6.07, 6.45) is -0.0995. The highest BCUT2D eigenvalue weighted by molar-refractivity contribution is 7.19. The van der Waals surface area contributed by atoms with Crippen LogP contribution in [0.5, 0.6) is 0 Å². The second-order valence-corrected chi connectivity index (χ2v) is 6.54. The Hall–Kier alpha value is -2.47. The van der Waals surface area contributed by atoms with Crippen LogP contribution >= 0.6 is 11.3 Å². The number of hydrogen-bond acceptors (Lipinski definition) is 4. The van der Waals surface area contributed by atoms with Gasteiger partial charge in [0.1, 0.15) is 10.7 Å². The van der Waals surface area contributed by atoms with E-state index in [9.17, 15) is 9.59 Å². The molecule has 0 radical (unpaired) electrons. The zero-order chi connectivity index (χ0) is 16.6. The van der Waals surface area contributed by atoms with Crippen molar-refractivity contribution < 1.29 is 9.90 Å². The Morgan fingerprint density at radius 1 is 1.26 bits per heavy atom. The highest BCUT2D eigenvalue weighted by atomic mass is 32.1. The van der Waals surface area contributed by atoms with E-state index < -0.39 is 5.97 Å². The zero-order valence-electron chi connectivity index (χ0n) is 12.9. The van der Waals surface area contributed by atoms with Crippen molar-refractivity contribution in [2.75, 3.05) is 0 Å². The van der Waals surface area contributed by atoms with E-state index in [1.54, 1.807) is 6.92 Å². The third kappa shape index (κ3) is 2.77. The summed E-state index contributed by atoms with van der Waals surface area (Å²) in [6, 6.07) is 9.73. The second-order valence-electron chi connectivity index (χ2n) is 5.34. The summed E-state index contributed by atoms with van der Waals surface area (Å²) >= 11 is 1.49. The van der Waals surface area contributed by atoms with Crippen LogP contribution in [-0.4, -0.2) is 20.6 Å². The molecule has 0 aliphatic rings. The third-order valence-electron chi connectivity index (χ3n) is 3.79. The summed E-state index contributed by atoms with van der Waals surface area (Å²) in [5.74, 6) is -0.384. The van der Waals surface area contributed by atoms with Gasteiger partial charge in [-0.15, -0.1) is 11.3 Å². The first-order valence-electron chi connectivity index (χ1n) is 7.26. The first-order chi connectivity index (χ1) is 11.0. The average molecular weight is 328 g/mol. The quantitative estimate of drug-likeness (QED) is 0.798. The van der Waals surface area contributed by atoms with Gasteiger partial charge in [-0.3, -0.25) is 14.2 Å². The highest BCUT2D eigenvalue weighted by Crippen LogP contribution is 2.35. The molecule has 0 fully saturated rings. The van der Waals surface area contributed by atoms with E-state index in [1.807, 2.05) is 37.3 Å². The lowest BCUT2D eigenvalue weighted by Gasteiger charge is -2.09. The van der Waals surface area contributed by atoms with Gasteiger partial charge >= 0.3 is 5.97 Å². The van der Waals surface area contributed by atoms with Crippen molar-refractivity contribution in [1.82, 2.24) is 9.55 Å². The Bertz CT molecular complexity index is 942. The van der Waals surface area contributed by atoms with Crippen molar-refractivity contribution in [3.05, 3.63) is 51.4 Å². The summed E-state index contributed by atoms with van der Waals surface area (Å²) in [6.45, 7) is 3.84. The molecule has 0 amide bonds. The third-order valence-corrected chi connectivity index (χ3v) is 4.79. The molecule has 2 aromatic heterocycles. The Morgan fingerprint density at radius 2 is 1.96 bits per heavy atom. The highest BCUT2D eigenvalue weighted by Gasteiger charge is 2.18. The fraction of sp³-hybridized carbons (Fsp3) is 0.235. The molecule has 1 aromatic carbocycles. The molecule has 0 unspecified atom stereocenters. The first kappa shape index (κ1) is 15.4. The SMILES string of the molecule is Cc1sc2nc(C)n(CCC(=O)O)c(=O)c2c1-c1ccccc1. The molecular formula is C17H16N2O3S. The van der Waals surface area contributed by atoms with Crippen molar-refractivity contribution in [2.24, 2.45) is 0 Å². The number of fused-ring (bicyclic) bond motifs is 1. The molecule has 23 heavy (non-hydrogen) atoms. The summed E-state index contributed by atoms with van der Waals surface area (Å²) in [7, 11) is 0. The Kier molecular flexibility index (Phi) is 4.00. The van der Waals surface area contributed by atoms with Crippen LogP contribution in [0.2, 0.25) is 0 Å². The summed E-state index contributed by atoms with van der Waals surface area (Å²) < 4.78 is 1.45. The van der Waals surface area contributed by atoms with Gasteiger partial charge in [-0.2, -0.15) is 0 Å². The Morgan fingerprint density at radius 3 is 2.61 bits per heavy atom. The van der Waals surface area contributed by atoms with E-state index >= 15 is 0 Å². The number of carboxylic acids is 1. The van der Waals surface area contributed by atoms with Crippen LogP contribution < -0.4 is 5.56 Å². The number of hydrogen-bond donors (Lipinski definition) is 1. The minimum absolute atomic E-state index is 0.0995. The number of thiophene rings is 1. The van der Waals surface area contributed by atoms with Crippen LogP contribution in [0.4, 0.5) is 0 Å². The molecule has 5 nitrogen and oxygen atoms in total. The number of carboxylic acid groups (broad SMARTS) is 1. The van der Waals surface area contributed by atoms with Crippen molar-refractivity contribution in [3.63, 3.8) is 0 Å². The number of aliphatic carboxylic acids is 1. The monoisotopic (exact) mass is 328 g/mol. The van der Waals surface area contributed by atoms with Crippen molar-refractivity contribution >= 4 is 27.5 Å². The fourth-order valence-electron chi connectivity index (χ4n) is 2.72. The minimum atomic E-state index is -0.929. The van der Waals surface area contributed by atoms with Gasteiger partial charge in [-0.05, 0) is 19.4 Å². The molecule has 118 valence electrons. The van der Waals surface area contributed by atoms with E-state index in [0.717, 1.165) is 16.0 Å². The molecular weight excluding hydrogens is 312 g/mol. The average Bonchev–Trinajstić information content (AvgIpc) is 2.83. The number of rotatable bonds is 4. The molecule has 0 atom stereocenters. The van der Waals surface area contributed by atoms with Gasteiger partial charge in [-0.1, -0.05) is 30.3 Å². The molecule has 0 saturated heterocycles. The Labute approximate surface area is 136 Å². The van der Waals surface area contributed by atoms with Gasteiger partial charge in [-0.25, -0.2) is 4.98 Å². The molecule has 0 aliphatic carbocycles. The smallest absolute Gasteiger partial charge is 0.305 e. The molecule has 2 heterocycles. The predicted molar refractivity (Wildman–Crippen MR) is 91.0 cm³/mol. The molecule has 3 rings (SSSR count). The zero-order valence-corrected chi connectivity index (χ0v) is 13.7. The van der Waals surface area contributed by atoms with Gasteiger partial charge in [0, 0.05) is 17.0 Å². The predicted octanol–water partition coefficient (Wildman–Crippen LogP) is 3.22. The molecule has 0 saturated carbocycles. The summed E-state index contributed by atoms with van der Waals surface area (Å²) in [5, 5.41) is 9.45. The standard InChI is InChI=1S/C17H16N2O3S/c1-10-14(12-6-4-3-5-7-12)15-16(23-10)18-11(2)19(17(15)22)9-8-13(20)21/h3-7H,8-9H2,1-2H3,(H,20,21). The molecule has 6 heteroatoms. The van der Waals surface area contributed by atoms with Crippen LogP contribution in [-0.2, 0) is 11.3 Å². The molecule has 1 N–H and O–H groups in total. The Balaban J connectivity index is 2.27. The number of aryl methyl sites for hydroxylation is 2. The van der Waals surface area contributed by atoms with Crippen molar-refractivity contribution in [2.45, 2.75) is 26.8 Å². The van der Waals surface area contributed by atoms with Gasteiger partial charge < -0.3 is 5.11 Å². The number of benzene rings is 1. The van der Waals surface area contributed by atoms with Gasteiger partial charge in [0.2, 0.25) is 0 Å². The number of nitrogens with zero attached hydrogens (tertiary/aromatic N) is 2. The van der Waals surface area contributed by atoms with Gasteiger partial charge in [0.15, 0.2) is 0 Å². The van der Waals surface area contributed by atoms with Crippen molar-refractivity contribution in [3.8, 4) is 11.1 Å². The number of carbonyl (C=O) groups is 1. The van der Waals surface area contributed by atoms with Crippen LogP contribution in [0.25, 0.3) is 21.3 Å². The van der Waals surface area contributed by atoms with Crippen molar-refractivity contribution in [1.29, 1.82) is 0 Å². The van der Waals surface area contributed by atoms with Gasteiger partial charge in [0.05, 0.1) is 11.8 Å². The lowest BCUT2D eigenvalue weighted by molar-refractivity contribution is -0.137. The van der Waals surface area contributed by atoms with E-state index in [4.69, 9.17) is 5.11 Å². The van der Waals surface area contributed by atoms with E-state index in [0.29, 0.717) is 16.0 Å². The normalized spacial score (nSPS) is 11.0. The van der Waals surface area contributed by atoms with Gasteiger partial charge in [0.25, 0.3) is 5.56 Å². The summed E-state index contributed by atoms with van der Waals surface area (Å²) in [5.41, 5.74) is 1.70. The minimum Gasteiger partial charge on any atom is -0.481 e. The fourth-order valence-corrected chi connectivity index (χ4v) is 3.80. The second kappa shape index (κ2) is 5.96. The van der Waals surface area contributed by atoms with Crippen LogP contribution in [0, 0.1) is 13.8 Å². The largest absolute Gasteiger partial charge is 0.481 e. The van der Waals surface area contributed by atoms with Crippen LogP contribution in [0.1, 0.15) is 17.1 Å². The number of aromatic nitrogens is 2. The maximum absolute atomic E-state index is 12.9. The lowest BCUT2D eigenvalue weighted by atomic mass is 10.0. The molecule has 0 bridgehead atoms. The topological polar surface area (TPSA) is 72.2 Å². The maximum atomic E-state index is 12.9. The van der Waals surface area contributed by atoms with Crippen LogP contribution in [0.3, 0.4) is 0 Å². The molecule has 0 spiro atoms. The molecule has 0 aliphatic heterocycles. The first-order valence-corrected chi connectivity index (χ1v) is 8.08. The van der Waals surface area contributed by atoms with Crippen LogP contribution in [0.15, 0.2) is 35.1 Å². The van der Waals surface area contributed by atoms with E-state index in [1.165, 1.54) is 15.9 Å². The maximum Gasteiger partial charge on any atom is 0.305 e. The lowest BCUT2D eigenvalue weighted by Crippen LogP contribution is -2.24. The van der Waals surface area contributed by atoms with E-state index in [-0.39, 0.29) is 18.5 Å². The summed E-state index contributed by atoms with van der Waals surface area (Å²) in [4.78, 5) is 30.0. The molecule has 3 aromatic rings.